The van der Waals surface area contributed by atoms with E-state index in [1.807, 2.05) is 6.92 Å². The second-order valence-corrected chi connectivity index (χ2v) is 6.03. The van der Waals surface area contributed by atoms with E-state index in [9.17, 15) is 19.5 Å². The minimum atomic E-state index is -0.956. The second-order valence-electron chi connectivity index (χ2n) is 5.72. The summed E-state index contributed by atoms with van der Waals surface area (Å²) < 4.78 is 14.8. The van der Waals surface area contributed by atoms with Crippen LogP contribution >= 0.6 is 11.6 Å². The number of alkyl halides is 1. The SMILES string of the molecule is C=CC(=O)OCCOC(=O)C1=C(C(=O)OCC(O)CCl)CC(C)CC1. The molecular weight excluding hydrogens is 352 g/mol. The molecule has 0 fully saturated rings. The third-order valence-corrected chi connectivity index (χ3v) is 3.97. The summed E-state index contributed by atoms with van der Waals surface area (Å²) in [6.45, 7) is 4.77. The number of esters is 3. The maximum Gasteiger partial charge on any atom is 0.334 e. The van der Waals surface area contributed by atoms with Crippen molar-refractivity contribution in [3.05, 3.63) is 23.8 Å². The van der Waals surface area contributed by atoms with Gasteiger partial charge in [-0.15, -0.1) is 11.6 Å². The monoisotopic (exact) mass is 374 g/mol. The number of aliphatic hydroxyl groups excluding tert-OH is 1. The van der Waals surface area contributed by atoms with Crippen LogP contribution in [0, 0.1) is 5.92 Å². The van der Waals surface area contributed by atoms with Gasteiger partial charge in [0.15, 0.2) is 0 Å². The van der Waals surface area contributed by atoms with Crippen LogP contribution in [0.25, 0.3) is 0 Å². The van der Waals surface area contributed by atoms with E-state index in [0.717, 1.165) is 12.5 Å². The van der Waals surface area contributed by atoms with E-state index >= 15 is 0 Å². The maximum atomic E-state index is 12.2. The van der Waals surface area contributed by atoms with Crippen LogP contribution in [0.2, 0.25) is 0 Å². The van der Waals surface area contributed by atoms with Gasteiger partial charge in [-0.25, -0.2) is 14.4 Å². The fourth-order valence-electron chi connectivity index (χ4n) is 2.27. The van der Waals surface area contributed by atoms with Crippen molar-refractivity contribution >= 4 is 29.5 Å². The number of rotatable bonds is 9. The molecule has 2 unspecified atom stereocenters. The molecule has 0 heterocycles. The number of hydrogen-bond donors (Lipinski definition) is 1. The number of halogens is 1. The first-order valence-electron chi connectivity index (χ1n) is 7.98. The van der Waals surface area contributed by atoms with Gasteiger partial charge in [0.05, 0.1) is 5.88 Å². The highest BCUT2D eigenvalue weighted by atomic mass is 35.5. The maximum absolute atomic E-state index is 12.2. The molecule has 1 aliphatic rings. The molecule has 140 valence electrons. The summed E-state index contributed by atoms with van der Waals surface area (Å²) in [5.41, 5.74) is 0.520. The zero-order valence-electron chi connectivity index (χ0n) is 14.2. The predicted molar refractivity (Wildman–Crippen MR) is 89.8 cm³/mol. The van der Waals surface area contributed by atoms with Crippen LogP contribution in [-0.2, 0) is 28.6 Å². The second kappa shape index (κ2) is 10.9. The largest absolute Gasteiger partial charge is 0.460 e. The zero-order chi connectivity index (χ0) is 18.8. The molecule has 2 atom stereocenters. The molecule has 0 spiro atoms. The molecule has 0 aromatic heterocycles. The zero-order valence-corrected chi connectivity index (χ0v) is 14.9. The topological polar surface area (TPSA) is 99.1 Å². The standard InChI is InChI=1S/C17H23ClO7/c1-3-15(20)23-6-7-24-16(21)13-5-4-11(2)8-14(13)17(22)25-10-12(19)9-18/h3,11-12,19H,1,4-10H2,2H3. The van der Waals surface area contributed by atoms with Gasteiger partial charge in [0.2, 0.25) is 0 Å². The molecule has 0 saturated heterocycles. The van der Waals surface area contributed by atoms with Crippen LogP contribution in [0.3, 0.4) is 0 Å². The van der Waals surface area contributed by atoms with Gasteiger partial charge in [0.1, 0.15) is 25.9 Å². The van der Waals surface area contributed by atoms with Gasteiger partial charge in [0, 0.05) is 17.2 Å². The van der Waals surface area contributed by atoms with Gasteiger partial charge in [-0.1, -0.05) is 13.5 Å². The Kier molecular flexibility index (Phi) is 9.23. The van der Waals surface area contributed by atoms with E-state index in [1.54, 1.807) is 0 Å². The molecule has 0 amide bonds. The Bertz CT molecular complexity index is 541. The van der Waals surface area contributed by atoms with Crippen LogP contribution in [-0.4, -0.2) is 54.8 Å². The predicted octanol–water partition coefficient (Wildman–Crippen LogP) is 1.52. The molecule has 0 bridgehead atoms. The molecule has 0 aliphatic heterocycles. The molecule has 8 heteroatoms. The Morgan fingerprint density at radius 3 is 2.52 bits per heavy atom. The third kappa shape index (κ3) is 7.27. The summed E-state index contributed by atoms with van der Waals surface area (Å²) in [7, 11) is 0. The number of carbonyl (C=O) groups excluding carboxylic acids is 3. The summed E-state index contributed by atoms with van der Waals surface area (Å²) >= 11 is 5.46. The Labute approximate surface area is 151 Å². The van der Waals surface area contributed by atoms with E-state index in [4.69, 9.17) is 25.8 Å². The fraction of sp³-hybridized carbons (Fsp3) is 0.588. The van der Waals surface area contributed by atoms with Crippen molar-refractivity contribution in [2.24, 2.45) is 5.92 Å². The summed E-state index contributed by atoms with van der Waals surface area (Å²) in [6.07, 6.45) is 1.59. The number of aliphatic hydroxyl groups is 1. The molecule has 25 heavy (non-hydrogen) atoms. The van der Waals surface area contributed by atoms with Gasteiger partial charge in [-0.05, 0) is 25.2 Å². The lowest BCUT2D eigenvalue weighted by Gasteiger charge is -2.23. The highest BCUT2D eigenvalue weighted by molar-refractivity contribution is 6.18. The lowest BCUT2D eigenvalue weighted by molar-refractivity contribution is -0.147. The Morgan fingerprint density at radius 1 is 1.24 bits per heavy atom. The van der Waals surface area contributed by atoms with Crippen molar-refractivity contribution in [3.63, 3.8) is 0 Å². The Morgan fingerprint density at radius 2 is 1.88 bits per heavy atom. The first-order chi connectivity index (χ1) is 11.9. The van der Waals surface area contributed by atoms with E-state index in [0.29, 0.717) is 12.8 Å². The quantitative estimate of drug-likeness (QED) is 0.215. The summed E-state index contributed by atoms with van der Waals surface area (Å²) in [5, 5.41) is 9.38. The van der Waals surface area contributed by atoms with Gasteiger partial charge < -0.3 is 19.3 Å². The smallest absolute Gasteiger partial charge is 0.334 e. The molecule has 7 nitrogen and oxygen atoms in total. The summed E-state index contributed by atoms with van der Waals surface area (Å²) in [6, 6.07) is 0. The molecule has 0 saturated carbocycles. The highest BCUT2D eigenvalue weighted by Gasteiger charge is 2.29. The van der Waals surface area contributed by atoms with Crippen molar-refractivity contribution in [3.8, 4) is 0 Å². The molecule has 0 radical (unpaired) electrons. The van der Waals surface area contributed by atoms with E-state index in [1.165, 1.54) is 0 Å². The number of carbonyl (C=O) groups is 3. The lowest BCUT2D eigenvalue weighted by atomic mass is 9.85. The minimum absolute atomic E-state index is 0.0545. The van der Waals surface area contributed by atoms with Gasteiger partial charge >= 0.3 is 17.9 Å². The van der Waals surface area contributed by atoms with E-state index in [2.05, 4.69) is 6.58 Å². The molecule has 0 aromatic carbocycles. The Balaban J connectivity index is 2.68. The van der Waals surface area contributed by atoms with E-state index in [-0.39, 0.29) is 42.8 Å². The molecular formula is C17H23ClO7. The van der Waals surface area contributed by atoms with Gasteiger partial charge in [-0.2, -0.15) is 0 Å². The average Bonchev–Trinajstić information content (AvgIpc) is 2.62. The van der Waals surface area contributed by atoms with Crippen LogP contribution in [0.1, 0.15) is 26.2 Å². The van der Waals surface area contributed by atoms with Crippen LogP contribution in [0.5, 0.6) is 0 Å². The molecule has 1 aliphatic carbocycles. The van der Waals surface area contributed by atoms with E-state index < -0.39 is 24.0 Å². The van der Waals surface area contributed by atoms with Crippen molar-refractivity contribution in [2.75, 3.05) is 25.7 Å². The first kappa shape index (κ1) is 21.2. The third-order valence-electron chi connectivity index (χ3n) is 3.61. The molecule has 1 rings (SSSR count). The first-order valence-corrected chi connectivity index (χ1v) is 8.52. The van der Waals surface area contributed by atoms with Crippen LogP contribution in [0.15, 0.2) is 23.8 Å². The Hall–Kier alpha value is -1.86. The average molecular weight is 375 g/mol. The van der Waals surface area contributed by atoms with Crippen LogP contribution < -0.4 is 0 Å². The van der Waals surface area contributed by atoms with Crippen molar-refractivity contribution < 1.29 is 33.7 Å². The normalized spacial score (nSPS) is 18.3. The van der Waals surface area contributed by atoms with Gasteiger partial charge in [-0.3, -0.25) is 0 Å². The van der Waals surface area contributed by atoms with Gasteiger partial charge in [0.25, 0.3) is 0 Å². The van der Waals surface area contributed by atoms with Crippen molar-refractivity contribution in [1.29, 1.82) is 0 Å². The molecule has 1 N–H and O–H groups in total. The van der Waals surface area contributed by atoms with Crippen LogP contribution in [0.4, 0.5) is 0 Å². The summed E-state index contributed by atoms with van der Waals surface area (Å²) in [4.78, 5) is 35.3. The minimum Gasteiger partial charge on any atom is -0.460 e. The lowest BCUT2D eigenvalue weighted by Crippen LogP contribution is -2.26. The van der Waals surface area contributed by atoms with Crippen molar-refractivity contribution in [1.82, 2.24) is 0 Å². The molecule has 0 aromatic rings. The fourth-order valence-corrected chi connectivity index (χ4v) is 2.36. The van der Waals surface area contributed by atoms with Crippen molar-refractivity contribution in [2.45, 2.75) is 32.3 Å². The summed E-state index contributed by atoms with van der Waals surface area (Å²) in [5.74, 6) is -1.72. The number of ether oxygens (including phenoxy) is 3. The highest BCUT2D eigenvalue weighted by Crippen LogP contribution is 2.30. The number of hydrogen-bond acceptors (Lipinski definition) is 7.